The fraction of sp³-hybridized carbons (Fsp3) is 0.286. The number of hydrogen-bond acceptors (Lipinski definition) is 1. The molecule has 1 aromatic carbocycles. The molecule has 1 aliphatic carbocycles. The smallest absolute Gasteiger partial charge is 0.206 e. The number of fused-ring (bicyclic) bond motifs is 1. The molecule has 0 amide bonds. The van der Waals surface area contributed by atoms with Gasteiger partial charge >= 0.3 is 0 Å². The van der Waals surface area contributed by atoms with Crippen LogP contribution in [0.5, 0.6) is 0 Å². The van der Waals surface area contributed by atoms with Crippen molar-refractivity contribution in [3.8, 4) is 0 Å². The predicted molar refractivity (Wildman–Crippen MR) is 61.9 cm³/mol. The first-order chi connectivity index (χ1) is 7.83. The number of pyridine rings is 1. The summed E-state index contributed by atoms with van der Waals surface area (Å²) in [6.07, 6.45) is 6.22. The lowest BCUT2D eigenvalue weighted by atomic mass is 10.2. The molecule has 1 aliphatic rings. The van der Waals surface area contributed by atoms with Gasteiger partial charge < -0.3 is 17.0 Å². The standard InChI is InChI=1S/C14H14NO.BrH/c16-14(12-5-6-12)10-15-8-7-11-3-1-2-4-13(11)9-15;/h1-4,7-9,12H,5-6,10H2;1H/q+1;/p-1. The van der Waals surface area contributed by atoms with E-state index in [1.165, 1.54) is 10.8 Å². The highest BCUT2D eigenvalue weighted by Gasteiger charge is 2.31. The first kappa shape index (κ1) is 12.2. The van der Waals surface area contributed by atoms with Crippen molar-refractivity contribution < 1.29 is 26.3 Å². The zero-order valence-electron chi connectivity index (χ0n) is 9.47. The lowest BCUT2D eigenvalue weighted by molar-refractivity contribution is -0.683. The number of nitrogens with zero attached hydrogens (tertiary/aromatic N) is 1. The molecule has 1 aromatic heterocycles. The highest BCUT2D eigenvalue weighted by molar-refractivity contribution is 5.82. The Bertz CT molecular complexity index is 549. The molecule has 0 N–H and O–H groups in total. The summed E-state index contributed by atoms with van der Waals surface area (Å²) in [4.78, 5) is 11.7. The average molecular weight is 292 g/mol. The minimum atomic E-state index is 0. The molecule has 0 atom stereocenters. The van der Waals surface area contributed by atoms with E-state index in [2.05, 4.69) is 24.4 Å². The van der Waals surface area contributed by atoms with E-state index in [9.17, 15) is 4.79 Å². The zero-order valence-corrected chi connectivity index (χ0v) is 11.1. The Hall–Kier alpha value is -1.22. The Balaban J connectivity index is 0.00000108. The molecule has 0 saturated heterocycles. The van der Waals surface area contributed by atoms with Gasteiger partial charge in [-0.3, -0.25) is 4.79 Å². The first-order valence-corrected chi connectivity index (χ1v) is 5.73. The van der Waals surface area contributed by atoms with Crippen molar-refractivity contribution in [2.45, 2.75) is 19.4 Å². The van der Waals surface area contributed by atoms with E-state index >= 15 is 0 Å². The summed E-state index contributed by atoms with van der Waals surface area (Å²) in [7, 11) is 0. The number of ketones is 1. The summed E-state index contributed by atoms with van der Waals surface area (Å²) < 4.78 is 1.99. The number of Topliss-reactive ketones (excluding diaryl/α,β-unsaturated/α-hetero) is 1. The molecule has 1 saturated carbocycles. The fourth-order valence-corrected chi connectivity index (χ4v) is 1.99. The van der Waals surface area contributed by atoms with E-state index in [0.717, 1.165) is 12.8 Å². The third-order valence-corrected chi connectivity index (χ3v) is 3.12. The van der Waals surface area contributed by atoms with Gasteiger partial charge in [-0.05, 0) is 24.3 Å². The molecular formula is C14H14BrNO. The van der Waals surface area contributed by atoms with Crippen LogP contribution in [0, 0.1) is 5.92 Å². The fourth-order valence-electron chi connectivity index (χ4n) is 1.99. The van der Waals surface area contributed by atoms with Gasteiger partial charge in [-0.2, -0.15) is 4.57 Å². The van der Waals surface area contributed by atoms with E-state index in [-0.39, 0.29) is 17.0 Å². The van der Waals surface area contributed by atoms with Crippen molar-refractivity contribution in [3.63, 3.8) is 0 Å². The van der Waals surface area contributed by atoms with Gasteiger partial charge in [-0.1, -0.05) is 18.2 Å². The van der Waals surface area contributed by atoms with Crippen LogP contribution in [-0.2, 0) is 11.3 Å². The van der Waals surface area contributed by atoms with E-state index in [1.54, 1.807) is 0 Å². The SMILES string of the molecule is O=C(C[n+]1ccc2ccccc2c1)C1CC1.[Br-]. The molecule has 3 rings (SSSR count). The number of carbonyl (C=O) groups excluding carboxylic acids is 1. The summed E-state index contributed by atoms with van der Waals surface area (Å²) in [5.74, 6) is 0.722. The van der Waals surface area contributed by atoms with E-state index in [4.69, 9.17) is 0 Å². The maximum atomic E-state index is 11.7. The number of hydrogen-bond donors (Lipinski definition) is 0. The highest BCUT2D eigenvalue weighted by Crippen LogP contribution is 2.29. The third-order valence-electron chi connectivity index (χ3n) is 3.12. The molecule has 0 aliphatic heterocycles. The molecule has 0 unspecified atom stereocenters. The number of benzene rings is 1. The number of carbonyl (C=O) groups is 1. The molecule has 17 heavy (non-hydrogen) atoms. The van der Waals surface area contributed by atoms with Gasteiger partial charge in [0.25, 0.3) is 0 Å². The quantitative estimate of drug-likeness (QED) is 0.673. The van der Waals surface area contributed by atoms with Gasteiger partial charge in [0.15, 0.2) is 18.2 Å². The van der Waals surface area contributed by atoms with Gasteiger partial charge in [0.2, 0.25) is 6.54 Å². The van der Waals surface area contributed by atoms with Gasteiger partial charge in [0, 0.05) is 17.4 Å². The topological polar surface area (TPSA) is 20.9 Å². The van der Waals surface area contributed by atoms with Crippen LogP contribution >= 0.6 is 0 Å². The summed E-state index contributed by atoms with van der Waals surface area (Å²) in [5, 5.41) is 2.41. The second-order valence-corrected chi connectivity index (χ2v) is 4.49. The normalized spacial score (nSPS) is 14.4. The number of rotatable bonds is 3. The highest BCUT2D eigenvalue weighted by atomic mass is 79.9. The minimum Gasteiger partial charge on any atom is -1.00 e. The van der Waals surface area contributed by atoms with Gasteiger partial charge in [0.1, 0.15) is 0 Å². The van der Waals surface area contributed by atoms with Gasteiger partial charge in [-0.15, -0.1) is 0 Å². The van der Waals surface area contributed by atoms with Crippen molar-refractivity contribution in [3.05, 3.63) is 42.7 Å². The van der Waals surface area contributed by atoms with Crippen molar-refractivity contribution >= 4 is 16.6 Å². The monoisotopic (exact) mass is 291 g/mol. The van der Waals surface area contributed by atoms with Gasteiger partial charge in [-0.25, -0.2) is 0 Å². The van der Waals surface area contributed by atoms with Crippen LogP contribution in [0.4, 0.5) is 0 Å². The summed E-state index contributed by atoms with van der Waals surface area (Å²) in [5.41, 5.74) is 0. The summed E-state index contributed by atoms with van der Waals surface area (Å²) in [6, 6.07) is 10.3. The van der Waals surface area contributed by atoms with Crippen LogP contribution in [0.3, 0.4) is 0 Å². The second kappa shape index (κ2) is 4.96. The average Bonchev–Trinajstić information content (AvgIpc) is 3.12. The predicted octanol–water partition coefficient (Wildman–Crippen LogP) is -0.890. The minimum absolute atomic E-state index is 0. The van der Waals surface area contributed by atoms with Crippen molar-refractivity contribution in [1.29, 1.82) is 0 Å². The molecule has 0 spiro atoms. The molecule has 0 radical (unpaired) electrons. The van der Waals surface area contributed by atoms with E-state index in [1.807, 2.05) is 22.9 Å². The molecule has 88 valence electrons. The lowest BCUT2D eigenvalue weighted by Crippen LogP contribution is -3.00. The lowest BCUT2D eigenvalue weighted by Gasteiger charge is -1.98. The Morgan fingerprint density at radius 2 is 1.88 bits per heavy atom. The maximum absolute atomic E-state index is 11.7. The summed E-state index contributed by atoms with van der Waals surface area (Å²) >= 11 is 0. The summed E-state index contributed by atoms with van der Waals surface area (Å²) in [6.45, 7) is 0.523. The maximum Gasteiger partial charge on any atom is 0.206 e. The largest absolute Gasteiger partial charge is 1.00 e. The second-order valence-electron chi connectivity index (χ2n) is 4.49. The molecule has 3 heteroatoms. The van der Waals surface area contributed by atoms with Crippen LogP contribution in [0.2, 0.25) is 0 Å². The van der Waals surface area contributed by atoms with E-state index in [0.29, 0.717) is 18.2 Å². The van der Waals surface area contributed by atoms with Crippen LogP contribution in [-0.4, -0.2) is 5.78 Å². The Kier molecular flexibility index (Phi) is 3.57. The third kappa shape index (κ3) is 2.72. The van der Waals surface area contributed by atoms with E-state index < -0.39 is 0 Å². The molecule has 1 fully saturated rings. The first-order valence-electron chi connectivity index (χ1n) is 5.73. The van der Waals surface area contributed by atoms with Crippen molar-refractivity contribution in [2.24, 2.45) is 5.92 Å². The van der Waals surface area contributed by atoms with Crippen LogP contribution in [0.1, 0.15) is 12.8 Å². The Morgan fingerprint density at radius 3 is 2.59 bits per heavy atom. The molecule has 0 bridgehead atoms. The van der Waals surface area contributed by atoms with Crippen LogP contribution < -0.4 is 21.5 Å². The Morgan fingerprint density at radius 1 is 1.18 bits per heavy atom. The molecule has 2 aromatic rings. The molecular weight excluding hydrogens is 278 g/mol. The Labute approximate surface area is 111 Å². The molecule has 2 nitrogen and oxygen atoms in total. The van der Waals surface area contributed by atoms with Crippen molar-refractivity contribution in [2.75, 3.05) is 0 Å². The van der Waals surface area contributed by atoms with Crippen LogP contribution in [0.25, 0.3) is 10.8 Å². The number of halogens is 1. The molecule has 1 heterocycles. The van der Waals surface area contributed by atoms with Crippen LogP contribution in [0.15, 0.2) is 42.7 Å². The zero-order chi connectivity index (χ0) is 11.0. The number of aromatic nitrogens is 1. The van der Waals surface area contributed by atoms with Crippen molar-refractivity contribution in [1.82, 2.24) is 0 Å². The van der Waals surface area contributed by atoms with Gasteiger partial charge in [0.05, 0.1) is 0 Å².